The number of benzene rings is 3. The van der Waals surface area contributed by atoms with Gasteiger partial charge in [-0.3, -0.25) is 0 Å². The topological polar surface area (TPSA) is 14.2 Å². The Balaban J connectivity index is 0.985. The zero-order chi connectivity index (χ0) is 24.0. The molecular formula is C31H33I2NO. The van der Waals surface area contributed by atoms with Gasteiger partial charge in [0.15, 0.2) is 0 Å². The van der Waals surface area contributed by atoms with Crippen molar-refractivity contribution in [3.05, 3.63) is 84.5 Å². The van der Waals surface area contributed by atoms with Crippen LogP contribution in [0.4, 0.5) is 0 Å². The van der Waals surface area contributed by atoms with E-state index in [1.165, 1.54) is 77.7 Å². The standard InChI is InChI=1S/C31H33I2NO/c32-26-13-15-30-28(21-26)29-22-27(33)14-16-31(29)34(30)17-5-1-2-6-18-35-19-7-3-4-8-23-9-10-24-11-12-25(24)20-23/h4,8-10,13-16,20-22H,1-3,5-7,11-12,17-19H2/b8-4+. The minimum absolute atomic E-state index is 0.869. The van der Waals surface area contributed by atoms with Crippen LogP contribution in [-0.4, -0.2) is 17.8 Å². The minimum atomic E-state index is 0.869. The van der Waals surface area contributed by atoms with Gasteiger partial charge in [0.05, 0.1) is 0 Å². The van der Waals surface area contributed by atoms with Gasteiger partial charge in [0.25, 0.3) is 0 Å². The lowest BCUT2D eigenvalue weighted by molar-refractivity contribution is 0.128. The fourth-order valence-corrected chi connectivity index (χ4v) is 6.04. The number of unbranched alkanes of at least 4 members (excludes halogenated alkanes) is 4. The van der Waals surface area contributed by atoms with Crippen LogP contribution in [0.3, 0.4) is 0 Å². The van der Waals surface area contributed by atoms with Gasteiger partial charge < -0.3 is 9.30 Å². The van der Waals surface area contributed by atoms with E-state index in [1.54, 1.807) is 0 Å². The molecule has 1 heterocycles. The maximum atomic E-state index is 5.88. The highest BCUT2D eigenvalue weighted by Gasteiger charge is 2.12. The van der Waals surface area contributed by atoms with Crippen molar-refractivity contribution in [2.75, 3.05) is 13.2 Å². The molecule has 0 bridgehead atoms. The molecule has 4 aromatic rings. The van der Waals surface area contributed by atoms with Gasteiger partial charge in [0, 0.05) is 48.7 Å². The number of aryl methyl sites for hydroxylation is 3. The number of hydrogen-bond donors (Lipinski definition) is 0. The maximum absolute atomic E-state index is 5.88. The predicted molar refractivity (Wildman–Crippen MR) is 166 cm³/mol. The molecule has 0 amide bonds. The van der Waals surface area contributed by atoms with E-state index in [1.807, 2.05) is 0 Å². The molecule has 0 unspecified atom stereocenters. The molecule has 1 aliphatic carbocycles. The summed E-state index contributed by atoms with van der Waals surface area (Å²) >= 11 is 4.84. The van der Waals surface area contributed by atoms with Gasteiger partial charge in [-0.15, -0.1) is 0 Å². The Bertz CT molecular complexity index is 1280. The monoisotopic (exact) mass is 689 g/mol. The second-order valence-corrected chi connectivity index (χ2v) is 12.1. The largest absolute Gasteiger partial charge is 0.381 e. The van der Waals surface area contributed by atoms with Crippen molar-refractivity contribution in [3.8, 4) is 0 Å². The SMILES string of the molecule is Ic1ccc2c(c1)c1cc(I)ccc1n2CCCCCCOCCC/C=C/c1ccc2c(c1)CC2. The zero-order valence-corrected chi connectivity index (χ0v) is 24.6. The third-order valence-electron chi connectivity index (χ3n) is 7.07. The molecule has 0 saturated carbocycles. The second kappa shape index (κ2) is 12.2. The Kier molecular flexibility index (Phi) is 8.84. The lowest BCUT2D eigenvalue weighted by Crippen LogP contribution is -2.07. The number of hydrogen-bond acceptors (Lipinski definition) is 1. The van der Waals surface area contributed by atoms with Crippen LogP contribution in [0, 0.1) is 7.14 Å². The third-order valence-corrected chi connectivity index (χ3v) is 8.42. The van der Waals surface area contributed by atoms with Gasteiger partial charge >= 0.3 is 0 Å². The molecule has 0 aliphatic heterocycles. The Labute approximate surface area is 236 Å². The maximum Gasteiger partial charge on any atom is 0.0492 e. The molecule has 4 heteroatoms. The van der Waals surface area contributed by atoms with Gasteiger partial charge in [-0.2, -0.15) is 0 Å². The highest BCUT2D eigenvalue weighted by Crippen LogP contribution is 2.32. The summed E-state index contributed by atoms with van der Waals surface area (Å²) < 4.78 is 11.0. The molecule has 1 aliphatic rings. The normalized spacial score (nSPS) is 13.1. The number of halogens is 2. The molecule has 0 spiro atoms. The van der Waals surface area contributed by atoms with Gasteiger partial charge in [0.2, 0.25) is 0 Å². The fraction of sp³-hybridized carbons (Fsp3) is 0.355. The Morgan fingerprint density at radius 3 is 2.09 bits per heavy atom. The summed E-state index contributed by atoms with van der Waals surface area (Å²) in [6.45, 7) is 2.84. The number of rotatable bonds is 12. The molecule has 182 valence electrons. The summed E-state index contributed by atoms with van der Waals surface area (Å²) in [6.07, 6.45) is 14.1. The molecule has 0 radical (unpaired) electrons. The second-order valence-electron chi connectivity index (χ2n) is 9.57. The van der Waals surface area contributed by atoms with E-state index < -0.39 is 0 Å². The highest BCUT2D eigenvalue weighted by atomic mass is 127. The van der Waals surface area contributed by atoms with Crippen LogP contribution in [0.1, 0.15) is 55.2 Å². The number of allylic oxidation sites excluding steroid dienone is 1. The fourth-order valence-electron chi connectivity index (χ4n) is 5.06. The van der Waals surface area contributed by atoms with E-state index in [2.05, 4.69) is 116 Å². The van der Waals surface area contributed by atoms with Gasteiger partial charge in [-0.05, 0) is 137 Å². The summed E-state index contributed by atoms with van der Waals surface area (Å²) in [7, 11) is 0. The number of aromatic nitrogens is 1. The van der Waals surface area contributed by atoms with E-state index in [0.717, 1.165) is 39.0 Å². The summed E-state index contributed by atoms with van der Waals surface area (Å²) in [5, 5.41) is 2.76. The average molecular weight is 689 g/mol. The van der Waals surface area contributed by atoms with Crippen LogP contribution < -0.4 is 0 Å². The molecule has 0 fully saturated rings. The lowest BCUT2D eigenvalue weighted by Gasteiger charge is -2.18. The van der Waals surface area contributed by atoms with Crippen molar-refractivity contribution < 1.29 is 4.74 Å². The first-order valence-corrected chi connectivity index (χ1v) is 15.1. The summed E-state index contributed by atoms with van der Waals surface area (Å²) in [5.74, 6) is 0. The van der Waals surface area contributed by atoms with Crippen molar-refractivity contribution >= 4 is 73.1 Å². The van der Waals surface area contributed by atoms with Gasteiger partial charge in [0.1, 0.15) is 0 Å². The van der Waals surface area contributed by atoms with Gasteiger partial charge in [-0.1, -0.05) is 43.2 Å². The van der Waals surface area contributed by atoms with Crippen LogP contribution in [0.2, 0.25) is 0 Å². The summed E-state index contributed by atoms with van der Waals surface area (Å²) in [6, 6.07) is 20.5. The van der Waals surface area contributed by atoms with Crippen molar-refractivity contribution in [1.29, 1.82) is 0 Å². The van der Waals surface area contributed by atoms with E-state index in [0.29, 0.717) is 0 Å². The Hall–Kier alpha value is -1.38. The van der Waals surface area contributed by atoms with Crippen molar-refractivity contribution in [2.24, 2.45) is 0 Å². The van der Waals surface area contributed by atoms with E-state index in [-0.39, 0.29) is 0 Å². The zero-order valence-electron chi connectivity index (χ0n) is 20.2. The predicted octanol–water partition coefficient (Wildman–Crippen LogP) is 9.17. The minimum Gasteiger partial charge on any atom is -0.381 e. The van der Waals surface area contributed by atoms with E-state index in [4.69, 9.17) is 4.74 Å². The summed E-state index contributed by atoms with van der Waals surface area (Å²) in [5.41, 5.74) is 7.14. The number of ether oxygens (including phenoxy) is 1. The van der Waals surface area contributed by atoms with E-state index >= 15 is 0 Å². The highest BCUT2D eigenvalue weighted by molar-refractivity contribution is 14.1. The molecule has 0 N–H and O–H groups in total. The smallest absolute Gasteiger partial charge is 0.0492 e. The van der Waals surface area contributed by atoms with Crippen LogP contribution in [0.25, 0.3) is 27.9 Å². The first kappa shape index (κ1) is 25.3. The molecule has 5 rings (SSSR count). The molecule has 3 aromatic carbocycles. The molecule has 35 heavy (non-hydrogen) atoms. The van der Waals surface area contributed by atoms with Gasteiger partial charge in [-0.25, -0.2) is 0 Å². The summed E-state index contributed by atoms with van der Waals surface area (Å²) in [4.78, 5) is 0. The van der Waals surface area contributed by atoms with Crippen LogP contribution in [-0.2, 0) is 24.1 Å². The first-order valence-electron chi connectivity index (χ1n) is 12.9. The van der Waals surface area contributed by atoms with Crippen molar-refractivity contribution in [3.63, 3.8) is 0 Å². The van der Waals surface area contributed by atoms with Crippen molar-refractivity contribution in [1.82, 2.24) is 4.57 Å². The molecule has 2 nitrogen and oxygen atoms in total. The molecule has 1 aromatic heterocycles. The Morgan fingerprint density at radius 2 is 1.40 bits per heavy atom. The molecule has 0 atom stereocenters. The number of fused-ring (bicyclic) bond motifs is 4. The average Bonchev–Trinajstić information content (AvgIpc) is 3.13. The van der Waals surface area contributed by atoms with Crippen molar-refractivity contribution in [2.45, 2.75) is 57.9 Å². The Morgan fingerprint density at radius 1 is 0.714 bits per heavy atom. The van der Waals surface area contributed by atoms with Crippen LogP contribution in [0.15, 0.2) is 60.7 Å². The molecule has 0 saturated heterocycles. The van der Waals surface area contributed by atoms with E-state index in [9.17, 15) is 0 Å². The molecular weight excluding hydrogens is 656 g/mol. The van der Waals surface area contributed by atoms with Crippen LogP contribution in [0.5, 0.6) is 0 Å². The first-order chi connectivity index (χ1) is 17.2. The third kappa shape index (κ3) is 6.31. The quantitative estimate of drug-likeness (QED) is 0.107. The van der Waals surface area contributed by atoms with Crippen LogP contribution >= 0.6 is 45.2 Å². The lowest BCUT2D eigenvalue weighted by atomic mass is 9.87. The number of nitrogens with zero attached hydrogens (tertiary/aromatic N) is 1.